The number of ether oxygens (including phenoxy) is 1. The van der Waals surface area contributed by atoms with E-state index in [9.17, 15) is 13.6 Å². The number of hydrogen-bond donors (Lipinski definition) is 1. The fourth-order valence-corrected chi connectivity index (χ4v) is 3.15. The molecule has 1 aromatic carbocycles. The normalized spacial score (nSPS) is 22.8. The number of hydrogen-bond acceptors (Lipinski definition) is 3. The van der Waals surface area contributed by atoms with Crippen molar-refractivity contribution < 1.29 is 18.3 Å². The summed E-state index contributed by atoms with van der Waals surface area (Å²) in [7, 11) is 0. The molecule has 2 fully saturated rings. The van der Waals surface area contributed by atoms with Gasteiger partial charge in [0.25, 0.3) is 0 Å². The Kier molecular flexibility index (Phi) is 4.57. The van der Waals surface area contributed by atoms with Crippen molar-refractivity contribution in [3.05, 3.63) is 29.8 Å². The maximum Gasteiger partial charge on any atom is 0.223 e. The quantitative estimate of drug-likeness (QED) is 0.929. The van der Waals surface area contributed by atoms with Crippen LogP contribution in [0.25, 0.3) is 0 Å². The predicted octanol–water partition coefficient (Wildman–Crippen LogP) is 2.09. The van der Waals surface area contributed by atoms with E-state index in [1.54, 1.807) is 4.90 Å². The van der Waals surface area contributed by atoms with Crippen molar-refractivity contribution in [2.24, 2.45) is 5.92 Å². The zero-order valence-corrected chi connectivity index (χ0v) is 12.4. The molecule has 3 rings (SSSR count). The van der Waals surface area contributed by atoms with E-state index in [0.717, 1.165) is 12.8 Å². The highest BCUT2D eigenvalue weighted by molar-refractivity contribution is 5.79. The summed E-state index contributed by atoms with van der Waals surface area (Å²) < 4.78 is 32.8. The fraction of sp³-hybridized carbons (Fsp3) is 0.562. The molecule has 1 amide bonds. The van der Waals surface area contributed by atoms with E-state index in [2.05, 4.69) is 5.32 Å². The highest BCUT2D eigenvalue weighted by Gasteiger charge is 2.30. The minimum absolute atomic E-state index is 0.00492. The van der Waals surface area contributed by atoms with E-state index in [1.165, 1.54) is 18.2 Å². The maximum atomic E-state index is 13.8. The molecule has 2 heterocycles. The summed E-state index contributed by atoms with van der Waals surface area (Å²) in [6.07, 6.45) is 2.18. The summed E-state index contributed by atoms with van der Waals surface area (Å²) in [6, 6.07) is 3.81. The third-order valence-corrected chi connectivity index (χ3v) is 4.38. The lowest BCUT2D eigenvalue weighted by Gasteiger charge is -2.24. The molecule has 6 heteroatoms. The van der Waals surface area contributed by atoms with Gasteiger partial charge in [-0.25, -0.2) is 8.78 Å². The van der Waals surface area contributed by atoms with E-state index < -0.39 is 11.6 Å². The molecule has 120 valence electrons. The van der Waals surface area contributed by atoms with Crippen molar-refractivity contribution >= 4 is 11.6 Å². The second kappa shape index (κ2) is 6.60. The van der Waals surface area contributed by atoms with Crippen LogP contribution in [0.5, 0.6) is 0 Å². The van der Waals surface area contributed by atoms with Crippen LogP contribution in [0, 0.1) is 17.6 Å². The average Bonchev–Trinajstić information content (AvgIpc) is 2.96. The molecule has 0 spiro atoms. The summed E-state index contributed by atoms with van der Waals surface area (Å²) in [5, 5.41) is 3.01. The summed E-state index contributed by atoms with van der Waals surface area (Å²) in [4.78, 5) is 13.9. The topological polar surface area (TPSA) is 41.6 Å². The van der Waals surface area contributed by atoms with Crippen molar-refractivity contribution in [1.29, 1.82) is 0 Å². The van der Waals surface area contributed by atoms with Gasteiger partial charge in [-0.05, 0) is 31.4 Å². The first-order valence-electron chi connectivity index (χ1n) is 7.72. The Bertz CT molecular complexity index is 527. The van der Waals surface area contributed by atoms with Gasteiger partial charge in [0.1, 0.15) is 17.3 Å². The van der Waals surface area contributed by atoms with Crippen LogP contribution in [0.2, 0.25) is 0 Å². The number of carbonyl (C=O) groups is 1. The molecule has 2 saturated heterocycles. The molecule has 0 aliphatic carbocycles. The molecular weight excluding hydrogens is 290 g/mol. The lowest BCUT2D eigenvalue weighted by Crippen LogP contribution is -2.42. The van der Waals surface area contributed by atoms with Crippen LogP contribution in [0.3, 0.4) is 0 Å². The zero-order valence-electron chi connectivity index (χ0n) is 12.4. The number of anilines is 1. The van der Waals surface area contributed by atoms with Crippen LogP contribution in [0.1, 0.15) is 19.3 Å². The molecule has 2 aliphatic rings. The van der Waals surface area contributed by atoms with Gasteiger partial charge in [-0.15, -0.1) is 0 Å². The molecule has 0 aromatic heterocycles. The van der Waals surface area contributed by atoms with E-state index in [1.807, 2.05) is 0 Å². The number of benzene rings is 1. The minimum atomic E-state index is -0.559. The summed E-state index contributed by atoms with van der Waals surface area (Å²) >= 11 is 0. The monoisotopic (exact) mass is 310 g/mol. The highest BCUT2D eigenvalue weighted by Crippen LogP contribution is 2.27. The maximum absolute atomic E-state index is 13.8. The molecule has 0 saturated carbocycles. The Labute approximate surface area is 128 Å². The van der Waals surface area contributed by atoms with Gasteiger partial charge >= 0.3 is 0 Å². The van der Waals surface area contributed by atoms with E-state index in [4.69, 9.17) is 4.74 Å². The Hall–Kier alpha value is -1.69. The van der Waals surface area contributed by atoms with Crippen molar-refractivity contribution in [2.45, 2.75) is 25.3 Å². The molecule has 0 bridgehead atoms. The van der Waals surface area contributed by atoms with Crippen LogP contribution < -0.4 is 10.2 Å². The molecule has 1 aromatic rings. The van der Waals surface area contributed by atoms with Crippen LogP contribution in [-0.2, 0) is 9.53 Å². The number of nitrogens with zero attached hydrogens (tertiary/aromatic N) is 1. The lowest BCUT2D eigenvalue weighted by molar-refractivity contribution is -0.128. The van der Waals surface area contributed by atoms with E-state index >= 15 is 0 Å². The molecule has 1 N–H and O–H groups in total. The first kappa shape index (κ1) is 15.2. The van der Waals surface area contributed by atoms with Crippen LogP contribution in [0.15, 0.2) is 18.2 Å². The van der Waals surface area contributed by atoms with Gasteiger partial charge in [-0.1, -0.05) is 6.07 Å². The molecule has 4 nitrogen and oxygen atoms in total. The number of carbonyl (C=O) groups excluding carboxylic acids is 1. The van der Waals surface area contributed by atoms with Gasteiger partial charge in [-0.2, -0.15) is 0 Å². The van der Waals surface area contributed by atoms with Crippen LogP contribution >= 0.6 is 0 Å². The number of halogens is 2. The van der Waals surface area contributed by atoms with Gasteiger partial charge in [0.15, 0.2) is 0 Å². The third-order valence-electron chi connectivity index (χ3n) is 4.38. The number of nitrogens with one attached hydrogen (secondary N) is 1. The summed E-state index contributed by atoms with van der Waals surface area (Å²) in [5.41, 5.74) is 0.00492. The average molecular weight is 310 g/mol. The van der Waals surface area contributed by atoms with E-state index in [0.29, 0.717) is 32.7 Å². The zero-order chi connectivity index (χ0) is 15.5. The molecule has 2 aliphatic heterocycles. The SMILES string of the molecule is O=C(N[C@@H]1CCN(c2c(F)cccc2F)C1)C1CCOCC1. The Morgan fingerprint density at radius 1 is 1.18 bits per heavy atom. The van der Waals surface area contributed by atoms with Crippen LogP contribution in [0.4, 0.5) is 14.5 Å². The van der Waals surface area contributed by atoms with Gasteiger partial charge in [0, 0.05) is 38.3 Å². The summed E-state index contributed by atoms with van der Waals surface area (Å²) in [5.74, 6) is -1.09. The van der Waals surface area contributed by atoms with Crippen molar-refractivity contribution in [2.75, 3.05) is 31.2 Å². The van der Waals surface area contributed by atoms with Crippen LogP contribution in [-0.4, -0.2) is 38.3 Å². The van der Waals surface area contributed by atoms with Gasteiger partial charge in [0.05, 0.1) is 0 Å². The first-order valence-corrected chi connectivity index (χ1v) is 7.72. The van der Waals surface area contributed by atoms with E-state index in [-0.39, 0.29) is 23.6 Å². The Balaban J connectivity index is 1.59. The van der Waals surface area contributed by atoms with Gasteiger partial charge in [0.2, 0.25) is 5.91 Å². The first-order chi connectivity index (χ1) is 10.6. The Morgan fingerprint density at radius 2 is 1.86 bits per heavy atom. The van der Waals surface area contributed by atoms with Crippen molar-refractivity contribution in [3.63, 3.8) is 0 Å². The number of para-hydroxylation sites is 1. The van der Waals surface area contributed by atoms with Gasteiger partial charge < -0.3 is 15.0 Å². The predicted molar refractivity (Wildman–Crippen MR) is 78.7 cm³/mol. The molecule has 1 atom stereocenters. The fourth-order valence-electron chi connectivity index (χ4n) is 3.15. The molecule has 0 unspecified atom stereocenters. The highest BCUT2D eigenvalue weighted by atomic mass is 19.1. The minimum Gasteiger partial charge on any atom is -0.381 e. The smallest absolute Gasteiger partial charge is 0.223 e. The van der Waals surface area contributed by atoms with Gasteiger partial charge in [-0.3, -0.25) is 4.79 Å². The largest absolute Gasteiger partial charge is 0.381 e. The Morgan fingerprint density at radius 3 is 2.55 bits per heavy atom. The van der Waals surface area contributed by atoms with Crippen molar-refractivity contribution in [1.82, 2.24) is 5.32 Å². The third kappa shape index (κ3) is 3.21. The molecular formula is C16H20F2N2O2. The summed E-state index contributed by atoms with van der Waals surface area (Å²) in [6.45, 7) is 2.22. The standard InChI is InChI=1S/C16H20F2N2O2/c17-13-2-1-3-14(18)15(13)20-7-4-12(10-20)19-16(21)11-5-8-22-9-6-11/h1-3,11-12H,4-10H2,(H,19,21)/t12-/m1/s1. The molecule has 22 heavy (non-hydrogen) atoms. The van der Waals surface area contributed by atoms with Crippen molar-refractivity contribution in [3.8, 4) is 0 Å². The second-order valence-corrected chi connectivity index (χ2v) is 5.90. The second-order valence-electron chi connectivity index (χ2n) is 5.90. The number of amides is 1. The lowest BCUT2D eigenvalue weighted by atomic mass is 9.99. The number of rotatable bonds is 3. The molecule has 0 radical (unpaired) electrons.